The van der Waals surface area contributed by atoms with Gasteiger partial charge in [-0.15, -0.1) is 10.2 Å². The van der Waals surface area contributed by atoms with Crippen LogP contribution in [0, 0.1) is 0 Å². The molecule has 1 aliphatic heterocycles. The van der Waals surface area contributed by atoms with Crippen molar-refractivity contribution in [3.63, 3.8) is 0 Å². The highest BCUT2D eigenvalue weighted by atomic mass is 32.1. The van der Waals surface area contributed by atoms with E-state index in [-0.39, 0.29) is 11.8 Å². The zero-order valence-corrected chi connectivity index (χ0v) is 16.1. The van der Waals surface area contributed by atoms with E-state index < -0.39 is 0 Å². The van der Waals surface area contributed by atoms with Gasteiger partial charge in [0.15, 0.2) is 0 Å². The second-order valence-electron chi connectivity index (χ2n) is 7.14. The number of hydrogen-bond acceptors (Lipinski definition) is 5. The number of para-hydroxylation sites is 1. The summed E-state index contributed by atoms with van der Waals surface area (Å²) >= 11 is 1.60. The van der Waals surface area contributed by atoms with Gasteiger partial charge in [-0.1, -0.05) is 18.2 Å². The van der Waals surface area contributed by atoms with Crippen molar-refractivity contribution in [1.29, 1.82) is 0 Å². The number of hydrogen-bond donors (Lipinski definition) is 0. The summed E-state index contributed by atoms with van der Waals surface area (Å²) in [5.41, 5.74) is 2.04. The summed E-state index contributed by atoms with van der Waals surface area (Å²) in [4.78, 5) is 14.8. The molecule has 142 valence electrons. The molecule has 4 heterocycles. The van der Waals surface area contributed by atoms with Gasteiger partial charge in [0.2, 0.25) is 17.7 Å². The van der Waals surface area contributed by atoms with E-state index in [2.05, 4.69) is 16.3 Å². The van der Waals surface area contributed by atoms with Gasteiger partial charge >= 0.3 is 0 Å². The van der Waals surface area contributed by atoms with Crippen LogP contribution in [-0.2, 0) is 11.3 Å². The predicted molar refractivity (Wildman–Crippen MR) is 108 cm³/mol. The van der Waals surface area contributed by atoms with Crippen molar-refractivity contribution in [3.8, 4) is 11.5 Å². The summed E-state index contributed by atoms with van der Waals surface area (Å²) in [5.74, 6) is 1.41. The topological polar surface area (TPSA) is 64.2 Å². The van der Waals surface area contributed by atoms with Crippen LogP contribution in [0.1, 0.15) is 24.7 Å². The Balaban J connectivity index is 1.29. The Morgan fingerprint density at radius 2 is 2.14 bits per heavy atom. The molecular formula is C21H20N4O2S. The second kappa shape index (κ2) is 7.24. The fourth-order valence-electron chi connectivity index (χ4n) is 3.83. The molecule has 0 aliphatic carbocycles. The number of likely N-dealkylation sites (tertiary alicyclic amines) is 1. The standard InChI is InChI=1S/C21H20N4O2S/c26-19(13-24-10-7-15-4-1-2-6-18(15)24)25-9-3-5-16(12-25)20-22-23-21(27-20)17-8-11-28-14-17/h1-2,4,6-8,10-11,14,16H,3,5,9,12-13H2/t16-/m0/s1. The van der Waals surface area contributed by atoms with Gasteiger partial charge in [-0.05, 0) is 41.8 Å². The van der Waals surface area contributed by atoms with Crippen LogP contribution < -0.4 is 0 Å². The molecule has 0 radical (unpaired) electrons. The molecule has 1 amide bonds. The number of benzene rings is 1. The Morgan fingerprint density at radius 1 is 1.21 bits per heavy atom. The largest absolute Gasteiger partial charge is 0.420 e. The quantitative estimate of drug-likeness (QED) is 0.523. The molecule has 4 aromatic rings. The molecule has 1 aromatic carbocycles. The lowest BCUT2D eigenvalue weighted by molar-refractivity contribution is -0.133. The minimum Gasteiger partial charge on any atom is -0.420 e. The third kappa shape index (κ3) is 3.22. The van der Waals surface area contributed by atoms with Crippen LogP contribution in [0.2, 0.25) is 0 Å². The Hall–Kier alpha value is -2.93. The van der Waals surface area contributed by atoms with E-state index in [0.717, 1.165) is 35.9 Å². The lowest BCUT2D eigenvalue weighted by atomic mass is 9.98. The van der Waals surface area contributed by atoms with Crippen LogP contribution in [0.5, 0.6) is 0 Å². The first-order chi connectivity index (χ1) is 13.8. The van der Waals surface area contributed by atoms with Crippen molar-refractivity contribution in [1.82, 2.24) is 19.7 Å². The molecule has 1 saturated heterocycles. The smallest absolute Gasteiger partial charge is 0.248 e. The average Bonchev–Trinajstić information content (AvgIpc) is 3.49. The molecule has 0 saturated carbocycles. The van der Waals surface area contributed by atoms with E-state index in [1.165, 1.54) is 0 Å². The Kier molecular flexibility index (Phi) is 4.44. The van der Waals surface area contributed by atoms with Crippen LogP contribution >= 0.6 is 11.3 Å². The monoisotopic (exact) mass is 392 g/mol. The van der Waals surface area contributed by atoms with Crippen molar-refractivity contribution >= 4 is 28.1 Å². The summed E-state index contributed by atoms with van der Waals surface area (Å²) in [7, 11) is 0. The van der Waals surface area contributed by atoms with E-state index in [1.54, 1.807) is 11.3 Å². The second-order valence-corrected chi connectivity index (χ2v) is 7.92. The molecule has 0 N–H and O–H groups in total. The SMILES string of the molecule is O=C(Cn1ccc2ccccc21)N1CCC[C@H](c2nnc(-c3ccsc3)o2)C1. The zero-order chi connectivity index (χ0) is 18.9. The van der Waals surface area contributed by atoms with Crippen LogP contribution in [0.15, 0.2) is 57.8 Å². The van der Waals surface area contributed by atoms with E-state index in [1.807, 2.05) is 56.8 Å². The molecular weight excluding hydrogens is 372 g/mol. The van der Waals surface area contributed by atoms with Gasteiger partial charge < -0.3 is 13.9 Å². The Morgan fingerprint density at radius 3 is 3.04 bits per heavy atom. The van der Waals surface area contributed by atoms with E-state index in [0.29, 0.717) is 24.9 Å². The number of piperidine rings is 1. The van der Waals surface area contributed by atoms with Gasteiger partial charge in [-0.2, -0.15) is 11.3 Å². The normalized spacial score (nSPS) is 17.3. The molecule has 5 rings (SSSR count). The molecule has 0 bridgehead atoms. The van der Waals surface area contributed by atoms with Crippen LogP contribution in [0.25, 0.3) is 22.4 Å². The van der Waals surface area contributed by atoms with E-state index >= 15 is 0 Å². The molecule has 7 heteroatoms. The van der Waals surface area contributed by atoms with Gasteiger partial charge in [0.05, 0.1) is 5.92 Å². The lowest BCUT2D eigenvalue weighted by Crippen LogP contribution is -2.40. The number of fused-ring (bicyclic) bond motifs is 1. The van der Waals surface area contributed by atoms with Gasteiger partial charge in [0.1, 0.15) is 6.54 Å². The van der Waals surface area contributed by atoms with Gasteiger partial charge in [-0.3, -0.25) is 4.79 Å². The molecule has 0 unspecified atom stereocenters. The minimum atomic E-state index is 0.0963. The number of amides is 1. The molecule has 0 spiro atoms. The first-order valence-electron chi connectivity index (χ1n) is 9.45. The van der Waals surface area contributed by atoms with Crippen molar-refractivity contribution in [2.45, 2.75) is 25.3 Å². The Bertz CT molecular complexity index is 1100. The number of carbonyl (C=O) groups excluding carboxylic acids is 1. The predicted octanol–water partition coefficient (Wildman–Crippen LogP) is 4.16. The van der Waals surface area contributed by atoms with E-state index in [4.69, 9.17) is 4.42 Å². The first kappa shape index (κ1) is 17.2. The number of thiophene rings is 1. The van der Waals surface area contributed by atoms with Gasteiger partial charge in [0, 0.05) is 35.7 Å². The lowest BCUT2D eigenvalue weighted by Gasteiger charge is -2.31. The first-order valence-corrected chi connectivity index (χ1v) is 10.4. The average molecular weight is 392 g/mol. The highest BCUT2D eigenvalue weighted by Gasteiger charge is 2.28. The molecule has 1 fully saturated rings. The molecule has 1 atom stereocenters. The molecule has 28 heavy (non-hydrogen) atoms. The maximum atomic E-state index is 12.9. The van der Waals surface area contributed by atoms with Crippen molar-refractivity contribution in [2.24, 2.45) is 0 Å². The molecule has 3 aromatic heterocycles. The maximum absolute atomic E-state index is 12.9. The summed E-state index contributed by atoms with van der Waals surface area (Å²) in [6, 6.07) is 12.1. The van der Waals surface area contributed by atoms with Gasteiger partial charge in [-0.25, -0.2) is 0 Å². The van der Waals surface area contributed by atoms with Gasteiger partial charge in [0.25, 0.3) is 0 Å². The zero-order valence-electron chi connectivity index (χ0n) is 15.3. The fraction of sp³-hybridized carbons (Fsp3) is 0.286. The summed E-state index contributed by atoms with van der Waals surface area (Å²) < 4.78 is 7.92. The van der Waals surface area contributed by atoms with Crippen molar-refractivity contribution in [3.05, 3.63) is 59.2 Å². The van der Waals surface area contributed by atoms with Crippen molar-refractivity contribution < 1.29 is 9.21 Å². The highest BCUT2D eigenvalue weighted by Crippen LogP contribution is 2.29. The summed E-state index contributed by atoms with van der Waals surface area (Å²) in [6.45, 7) is 1.76. The third-order valence-corrected chi connectivity index (χ3v) is 6.00. The number of nitrogens with zero attached hydrogens (tertiary/aromatic N) is 4. The molecule has 1 aliphatic rings. The summed E-state index contributed by atoms with van der Waals surface area (Å²) in [6.07, 6.45) is 3.88. The molecule has 6 nitrogen and oxygen atoms in total. The highest BCUT2D eigenvalue weighted by molar-refractivity contribution is 7.08. The minimum absolute atomic E-state index is 0.0963. The van der Waals surface area contributed by atoms with Crippen LogP contribution in [0.3, 0.4) is 0 Å². The van der Waals surface area contributed by atoms with E-state index in [9.17, 15) is 4.79 Å². The number of carbonyl (C=O) groups is 1. The maximum Gasteiger partial charge on any atom is 0.248 e. The number of rotatable bonds is 4. The van der Waals surface area contributed by atoms with Crippen LogP contribution in [0.4, 0.5) is 0 Å². The fourth-order valence-corrected chi connectivity index (χ4v) is 4.46. The number of aromatic nitrogens is 3. The van der Waals surface area contributed by atoms with Crippen LogP contribution in [-0.4, -0.2) is 38.7 Å². The third-order valence-electron chi connectivity index (χ3n) is 5.32. The summed E-state index contributed by atoms with van der Waals surface area (Å²) in [5, 5.41) is 13.6. The Labute approximate surface area is 166 Å². The van der Waals surface area contributed by atoms with Crippen molar-refractivity contribution in [2.75, 3.05) is 13.1 Å².